The van der Waals surface area contributed by atoms with Crippen molar-refractivity contribution in [1.29, 1.82) is 0 Å². The van der Waals surface area contributed by atoms with Gasteiger partial charge < -0.3 is 14.4 Å². The van der Waals surface area contributed by atoms with Crippen molar-refractivity contribution in [1.82, 2.24) is 9.80 Å². The van der Waals surface area contributed by atoms with Gasteiger partial charge in [-0.15, -0.1) is 0 Å². The van der Waals surface area contributed by atoms with Gasteiger partial charge in [0.15, 0.2) is 5.12 Å². The second-order valence-corrected chi connectivity index (χ2v) is 11.0. The van der Waals surface area contributed by atoms with Crippen LogP contribution in [0.2, 0.25) is 0 Å². The minimum absolute atomic E-state index is 0.0520. The fourth-order valence-corrected chi connectivity index (χ4v) is 5.20. The number of benzene rings is 1. The summed E-state index contributed by atoms with van der Waals surface area (Å²) in [4.78, 5) is 53.2. The summed E-state index contributed by atoms with van der Waals surface area (Å²) >= 11 is 1.10. The van der Waals surface area contributed by atoms with Crippen molar-refractivity contribution in [2.75, 3.05) is 25.4 Å². The van der Waals surface area contributed by atoms with E-state index in [1.165, 1.54) is 11.8 Å². The first kappa shape index (κ1) is 26.1. The SMILES string of the molecule is CC(=O)SC[C@@H](C(=O)N1C(=O)OC[C@H]1Cc1ccccc1)C1CCN(C(=O)OC(C)(C)C)CC1. The number of cyclic esters (lactones) is 1. The molecule has 3 amide bonds. The van der Waals surface area contributed by atoms with Gasteiger partial charge in [-0.05, 0) is 51.5 Å². The molecule has 0 bridgehead atoms. The van der Waals surface area contributed by atoms with E-state index in [0.717, 1.165) is 17.3 Å². The van der Waals surface area contributed by atoms with Crippen LogP contribution < -0.4 is 0 Å². The third kappa shape index (κ3) is 6.98. The van der Waals surface area contributed by atoms with Gasteiger partial charge in [-0.2, -0.15) is 0 Å². The zero-order valence-corrected chi connectivity index (χ0v) is 21.1. The molecule has 0 aromatic heterocycles. The molecule has 0 saturated carbocycles. The van der Waals surface area contributed by atoms with E-state index in [2.05, 4.69) is 0 Å². The van der Waals surface area contributed by atoms with Gasteiger partial charge in [0.2, 0.25) is 5.91 Å². The smallest absolute Gasteiger partial charge is 0.416 e. The van der Waals surface area contributed by atoms with E-state index in [1.54, 1.807) is 4.90 Å². The summed E-state index contributed by atoms with van der Waals surface area (Å²) < 4.78 is 10.7. The number of carbonyl (C=O) groups excluding carboxylic acids is 4. The van der Waals surface area contributed by atoms with Gasteiger partial charge in [0, 0.05) is 25.8 Å². The van der Waals surface area contributed by atoms with Crippen LogP contribution in [0.1, 0.15) is 46.1 Å². The number of amides is 3. The quantitative estimate of drug-likeness (QED) is 0.592. The highest BCUT2D eigenvalue weighted by Crippen LogP contribution is 2.32. The van der Waals surface area contributed by atoms with E-state index < -0.39 is 17.6 Å². The van der Waals surface area contributed by atoms with Gasteiger partial charge in [-0.25, -0.2) is 14.5 Å². The maximum Gasteiger partial charge on any atom is 0.416 e. The number of rotatable bonds is 6. The fourth-order valence-electron chi connectivity index (χ4n) is 4.37. The highest BCUT2D eigenvalue weighted by Gasteiger charge is 2.44. The Labute approximate surface area is 205 Å². The largest absolute Gasteiger partial charge is 0.447 e. The van der Waals surface area contributed by atoms with Gasteiger partial charge in [0.05, 0.1) is 12.0 Å². The van der Waals surface area contributed by atoms with Crippen LogP contribution in [0.5, 0.6) is 0 Å². The number of carbonyl (C=O) groups is 4. The van der Waals surface area contributed by atoms with Crippen LogP contribution in [0, 0.1) is 11.8 Å². The van der Waals surface area contributed by atoms with Gasteiger partial charge in [-0.3, -0.25) is 9.59 Å². The monoisotopic (exact) mass is 490 g/mol. The molecule has 2 aliphatic rings. The van der Waals surface area contributed by atoms with Crippen LogP contribution in [0.15, 0.2) is 30.3 Å². The van der Waals surface area contributed by atoms with Crippen molar-refractivity contribution in [3.05, 3.63) is 35.9 Å². The van der Waals surface area contributed by atoms with Gasteiger partial charge in [-0.1, -0.05) is 42.1 Å². The maximum atomic E-state index is 13.7. The molecule has 3 rings (SSSR count). The van der Waals surface area contributed by atoms with Gasteiger partial charge in [0.25, 0.3) is 0 Å². The highest BCUT2D eigenvalue weighted by molar-refractivity contribution is 8.13. The first-order valence-electron chi connectivity index (χ1n) is 11.7. The maximum absolute atomic E-state index is 13.7. The van der Waals surface area contributed by atoms with Gasteiger partial charge >= 0.3 is 12.2 Å². The summed E-state index contributed by atoms with van der Waals surface area (Å²) in [7, 11) is 0. The Hall–Kier alpha value is -2.55. The number of nitrogens with zero attached hydrogens (tertiary/aromatic N) is 2. The molecule has 2 saturated heterocycles. The van der Waals surface area contributed by atoms with Crippen LogP contribution in [0.3, 0.4) is 0 Å². The van der Waals surface area contributed by atoms with E-state index in [4.69, 9.17) is 9.47 Å². The van der Waals surface area contributed by atoms with Gasteiger partial charge in [0.1, 0.15) is 12.2 Å². The van der Waals surface area contributed by atoms with Crippen molar-refractivity contribution in [2.24, 2.45) is 11.8 Å². The predicted molar refractivity (Wildman–Crippen MR) is 129 cm³/mol. The average molecular weight is 491 g/mol. The van der Waals surface area contributed by atoms with Crippen LogP contribution in [0.4, 0.5) is 9.59 Å². The first-order chi connectivity index (χ1) is 16.0. The second-order valence-electron chi connectivity index (χ2n) is 9.84. The molecular formula is C25H34N2O6S. The highest BCUT2D eigenvalue weighted by atomic mass is 32.2. The van der Waals surface area contributed by atoms with Crippen LogP contribution in [-0.2, 0) is 25.5 Å². The summed E-state index contributed by atoms with van der Waals surface area (Å²) in [5, 5.41) is -0.0752. The Bertz CT molecular complexity index is 892. The number of likely N-dealkylation sites (tertiary alicyclic amines) is 1. The Balaban J connectivity index is 1.71. The van der Waals surface area contributed by atoms with E-state index in [-0.39, 0.29) is 35.7 Å². The molecule has 1 aromatic rings. The zero-order chi connectivity index (χ0) is 24.9. The van der Waals surface area contributed by atoms with Crippen molar-refractivity contribution in [3.63, 3.8) is 0 Å². The second kappa shape index (κ2) is 11.3. The van der Waals surface area contributed by atoms with Crippen molar-refractivity contribution < 1.29 is 28.7 Å². The standard InChI is InChI=1S/C25H34N2O6S/c1-17(28)34-16-21(19-10-12-26(13-11-19)23(30)33-25(2,3)4)22(29)27-20(15-32-24(27)31)14-18-8-6-5-7-9-18/h5-9,19-21H,10-16H2,1-4H3/t20-,21-/m1/s1. The van der Waals surface area contributed by atoms with E-state index in [1.807, 2.05) is 51.1 Å². The lowest BCUT2D eigenvalue weighted by Crippen LogP contribution is -2.49. The number of hydrogen-bond donors (Lipinski definition) is 0. The minimum atomic E-state index is -0.630. The van der Waals surface area contributed by atoms with E-state index in [9.17, 15) is 19.2 Å². The number of hydrogen-bond acceptors (Lipinski definition) is 7. The Morgan fingerprint density at radius 2 is 1.79 bits per heavy atom. The molecule has 0 radical (unpaired) electrons. The minimum Gasteiger partial charge on any atom is -0.447 e. The van der Waals surface area contributed by atoms with Crippen LogP contribution in [-0.4, -0.2) is 70.1 Å². The molecule has 0 unspecified atom stereocenters. The molecule has 2 fully saturated rings. The molecule has 0 aliphatic carbocycles. The third-order valence-corrected chi connectivity index (χ3v) is 6.99. The van der Waals surface area contributed by atoms with E-state index in [0.29, 0.717) is 38.1 Å². The van der Waals surface area contributed by atoms with Crippen molar-refractivity contribution in [3.8, 4) is 0 Å². The van der Waals surface area contributed by atoms with Crippen LogP contribution in [0.25, 0.3) is 0 Å². The molecule has 0 N–H and O–H groups in total. The van der Waals surface area contributed by atoms with Crippen LogP contribution >= 0.6 is 11.8 Å². The van der Waals surface area contributed by atoms with Crippen molar-refractivity contribution in [2.45, 2.75) is 58.6 Å². The molecule has 34 heavy (non-hydrogen) atoms. The first-order valence-corrected chi connectivity index (χ1v) is 12.7. The molecule has 0 spiro atoms. The Kier molecular flexibility index (Phi) is 8.62. The summed E-state index contributed by atoms with van der Waals surface area (Å²) in [5.41, 5.74) is 0.443. The summed E-state index contributed by atoms with van der Waals surface area (Å²) in [6, 6.07) is 9.30. The molecule has 9 heteroatoms. The molecule has 2 atom stereocenters. The average Bonchev–Trinajstić information content (AvgIpc) is 3.13. The molecule has 8 nitrogen and oxygen atoms in total. The lowest BCUT2D eigenvalue weighted by atomic mass is 9.84. The number of thioether (sulfide) groups is 1. The molecular weight excluding hydrogens is 456 g/mol. The molecule has 2 heterocycles. The lowest BCUT2D eigenvalue weighted by molar-refractivity contribution is -0.134. The number of piperidine rings is 1. The third-order valence-electron chi connectivity index (χ3n) is 6.06. The van der Waals surface area contributed by atoms with E-state index >= 15 is 0 Å². The zero-order valence-electron chi connectivity index (χ0n) is 20.3. The number of ether oxygens (including phenoxy) is 2. The van der Waals surface area contributed by atoms with Crippen molar-refractivity contribution >= 4 is 35.0 Å². The number of imide groups is 1. The lowest BCUT2D eigenvalue weighted by Gasteiger charge is -2.37. The predicted octanol–water partition coefficient (Wildman–Crippen LogP) is 4.12. The molecule has 186 valence electrons. The Morgan fingerprint density at radius 3 is 2.38 bits per heavy atom. The summed E-state index contributed by atoms with van der Waals surface area (Å²) in [5.74, 6) is -0.567. The topological polar surface area (TPSA) is 93.2 Å². The summed E-state index contributed by atoms with van der Waals surface area (Å²) in [6.45, 7) is 8.03. The normalized spacial score (nSPS) is 20.1. The molecule has 2 aliphatic heterocycles. The molecule has 1 aromatic carbocycles. The Morgan fingerprint density at radius 1 is 1.15 bits per heavy atom. The summed E-state index contributed by atoms with van der Waals surface area (Å²) in [6.07, 6.45) is 0.718. The fraction of sp³-hybridized carbons (Fsp3) is 0.600.